The first-order chi connectivity index (χ1) is 8.36. The van der Waals surface area contributed by atoms with Crippen LogP contribution in [0.2, 0.25) is 0 Å². The van der Waals surface area contributed by atoms with Gasteiger partial charge in [-0.3, -0.25) is 0 Å². The summed E-state index contributed by atoms with van der Waals surface area (Å²) in [6.07, 6.45) is 0. The molecule has 0 saturated heterocycles. The molecule has 1 aromatic heterocycles. The second-order valence-corrected chi connectivity index (χ2v) is 5.25. The molecule has 102 valence electrons. The molecule has 2 N–H and O–H groups in total. The average Bonchev–Trinajstić information content (AvgIpc) is 2.75. The molecule has 0 spiro atoms. The van der Waals surface area contributed by atoms with Crippen molar-refractivity contribution in [3.8, 4) is 0 Å². The predicted molar refractivity (Wildman–Crippen MR) is 61.9 cm³/mol. The number of ether oxygens (including phenoxy) is 1. The maximum Gasteiger partial charge on any atom is 0.371 e. The smallest absolute Gasteiger partial charge is 0.371 e. The lowest BCUT2D eigenvalue weighted by molar-refractivity contribution is 0.0656. The average molecular weight is 277 g/mol. The minimum Gasteiger partial charge on any atom is -0.475 e. The van der Waals surface area contributed by atoms with Gasteiger partial charge in [-0.25, -0.2) is 17.9 Å². The molecule has 1 atom stereocenters. The molecule has 0 radical (unpaired) electrons. The summed E-state index contributed by atoms with van der Waals surface area (Å²) in [6, 6.07) is 1.75. The molecule has 0 bridgehead atoms. The summed E-state index contributed by atoms with van der Waals surface area (Å²) in [5.74, 6) is -1.74. The SMILES string of the molecule is CCOCC(C)NS(=O)(=O)c1ccc(C(=O)O)o1. The minimum atomic E-state index is -3.86. The molecule has 7 nitrogen and oxygen atoms in total. The Hall–Kier alpha value is -1.38. The highest BCUT2D eigenvalue weighted by atomic mass is 32.2. The molecule has 1 unspecified atom stereocenters. The highest BCUT2D eigenvalue weighted by molar-refractivity contribution is 7.89. The fourth-order valence-electron chi connectivity index (χ4n) is 1.23. The molecule has 0 aliphatic heterocycles. The summed E-state index contributed by atoms with van der Waals surface area (Å²) < 4.78 is 35.7. The Morgan fingerprint density at radius 2 is 2.22 bits per heavy atom. The number of aromatic carboxylic acids is 1. The number of hydrogen-bond donors (Lipinski definition) is 2. The minimum absolute atomic E-state index is 0.224. The molecule has 0 aliphatic rings. The van der Waals surface area contributed by atoms with Gasteiger partial charge in [0.15, 0.2) is 0 Å². The van der Waals surface area contributed by atoms with Gasteiger partial charge in [-0.1, -0.05) is 0 Å². The second kappa shape index (κ2) is 5.98. The quantitative estimate of drug-likeness (QED) is 0.759. The lowest BCUT2D eigenvalue weighted by atomic mass is 10.4. The van der Waals surface area contributed by atoms with Gasteiger partial charge < -0.3 is 14.3 Å². The first-order valence-corrected chi connectivity index (χ1v) is 6.78. The van der Waals surface area contributed by atoms with E-state index < -0.39 is 32.9 Å². The number of sulfonamides is 1. The molecule has 0 amide bonds. The van der Waals surface area contributed by atoms with E-state index in [1.807, 2.05) is 0 Å². The van der Waals surface area contributed by atoms with Gasteiger partial charge in [0, 0.05) is 12.6 Å². The fourth-order valence-corrected chi connectivity index (χ4v) is 2.39. The highest BCUT2D eigenvalue weighted by Crippen LogP contribution is 2.14. The van der Waals surface area contributed by atoms with E-state index in [2.05, 4.69) is 4.72 Å². The van der Waals surface area contributed by atoms with Gasteiger partial charge in [0.25, 0.3) is 10.0 Å². The number of nitrogens with one attached hydrogen (secondary N) is 1. The number of carboxylic acids is 1. The van der Waals surface area contributed by atoms with E-state index in [-0.39, 0.29) is 6.61 Å². The Bertz CT molecular complexity index is 506. The van der Waals surface area contributed by atoms with Gasteiger partial charge in [-0.15, -0.1) is 0 Å². The van der Waals surface area contributed by atoms with E-state index in [1.54, 1.807) is 13.8 Å². The topological polar surface area (TPSA) is 106 Å². The van der Waals surface area contributed by atoms with Crippen LogP contribution in [0.5, 0.6) is 0 Å². The zero-order chi connectivity index (χ0) is 13.8. The van der Waals surface area contributed by atoms with Crippen molar-refractivity contribution >= 4 is 16.0 Å². The second-order valence-electron chi connectivity index (χ2n) is 3.61. The normalized spacial score (nSPS) is 13.4. The van der Waals surface area contributed by atoms with Crippen LogP contribution < -0.4 is 4.72 Å². The summed E-state index contributed by atoms with van der Waals surface area (Å²) in [5, 5.41) is 8.21. The van der Waals surface area contributed by atoms with E-state index in [9.17, 15) is 13.2 Å². The Morgan fingerprint density at radius 1 is 1.56 bits per heavy atom. The molecule has 0 aliphatic carbocycles. The standard InChI is InChI=1S/C10H15NO6S/c1-3-16-6-7(2)11-18(14,15)9-5-4-8(17-9)10(12)13/h4-5,7,11H,3,6H2,1-2H3,(H,12,13). The summed E-state index contributed by atoms with van der Waals surface area (Å²) >= 11 is 0. The van der Waals surface area contributed by atoms with E-state index >= 15 is 0 Å². The van der Waals surface area contributed by atoms with Gasteiger partial charge in [-0.2, -0.15) is 0 Å². The molecular weight excluding hydrogens is 262 g/mol. The van der Waals surface area contributed by atoms with Crippen LogP contribution in [0.3, 0.4) is 0 Å². The molecule has 8 heteroatoms. The van der Waals surface area contributed by atoms with Gasteiger partial charge in [0.2, 0.25) is 10.9 Å². The first-order valence-electron chi connectivity index (χ1n) is 5.30. The van der Waals surface area contributed by atoms with E-state index in [0.717, 1.165) is 12.1 Å². The summed E-state index contributed by atoms with van der Waals surface area (Å²) in [5.41, 5.74) is 0. The molecule has 1 aromatic rings. The third-order valence-electron chi connectivity index (χ3n) is 1.99. The molecule has 0 fully saturated rings. The molecule has 18 heavy (non-hydrogen) atoms. The summed E-state index contributed by atoms with van der Waals surface area (Å²) in [6.45, 7) is 4.14. The first kappa shape index (κ1) is 14.7. The molecule has 0 aromatic carbocycles. The van der Waals surface area contributed by atoms with Gasteiger partial charge in [-0.05, 0) is 26.0 Å². The lowest BCUT2D eigenvalue weighted by Gasteiger charge is -2.12. The van der Waals surface area contributed by atoms with Gasteiger partial charge in [0.05, 0.1) is 6.61 Å². The van der Waals surface area contributed by atoms with Crippen LogP contribution in [0.4, 0.5) is 0 Å². The fraction of sp³-hybridized carbons (Fsp3) is 0.500. The number of rotatable bonds is 7. The van der Waals surface area contributed by atoms with E-state index in [0.29, 0.717) is 6.61 Å². The zero-order valence-corrected chi connectivity index (χ0v) is 10.9. The highest BCUT2D eigenvalue weighted by Gasteiger charge is 2.22. The number of furan rings is 1. The van der Waals surface area contributed by atoms with Crippen LogP contribution in [0.1, 0.15) is 24.4 Å². The lowest BCUT2D eigenvalue weighted by Crippen LogP contribution is -2.35. The maximum atomic E-state index is 11.8. The third kappa shape index (κ3) is 3.83. The Morgan fingerprint density at radius 3 is 2.72 bits per heavy atom. The van der Waals surface area contributed by atoms with Crippen LogP contribution in [-0.2, 0) is 14.8 Å². The maximum absolute atomic E-state index is 11.8. The van der Waals surface area contributed by atoms with Crippen molar-refractivity contribution in [1.29, 1.82) is 0 Å². The van der Waals surface area contributed by atoms with Crippen molar-refractivity contribution in [3.63, 3.8) is 0 Å². The molecular formula is C10H15NO6S. The van der Waals surface area contributed by atoms with Crippen LogP contribution in [0, 0.1) is 0 Å². The van der Waals surface area contributed by atoms with Crippen molar-refractivity contribution in [2.45, 2.75) is 25.0 Å². The molecule has 1 heterocycles. The predicted octanol–water partition coefficient (Wildman–Crippen LogP) is 0.681. The Balaban J connectivity index is 2.76. The number of carbonyl (C=O) groups is 1. The summed E-state index contributed by atoms with van der Waals surface area (Å²) in [7, 11) is -3.86. The monoisotopic (exact) mass is 277 g/mol. The number of carboxylic acid groups (broad SMARTS) is 1. The van der Waals surface area contributed by atoms with E-state index in [4.69, 9.17) is 14.3 Å². The van der Waals surface area contributed by atoms with Crippen molar-refractivity contribution < 1.29 is 27.5 Å². The van der Waals surface area contributed by atoms with Crippen molar-refractivity contribution in [2.24, 2.45) is 0 Å². The van der Waals surface area contributed by atoms with Crippen LogP contribution >= 0.6 is 0 Å². The number of hydrogen-bond acceptors (Lipinski definition) is 5. The van der Waals surface area contributed by atoms with E-state index in [1.165, 1.54) is 0 Å². The van der Waals surface area contributed by atoms with Crippen LogP contribution in [0.25, 0.3) is 0 Å². The molecule has 1 rings (SSSR count). The van der Waals surface area contributed by atoms with Crippen LogP contribution in [0.15, 0.2) is 21.6 Å². The van der Waals surface area contributed by atoms with Crippen molar-refractivity contribution in [2.75, 3.05) is 13.2 Å². The molecule has 0 saturated carbocycles. The largest absolute Gasteiger partial charge is 0.475 e. The zero-order valence-electron chi connectivity index (χ0n) is 10.0. The van der Waals surface area contributed by atoms with Gasteiger partial charge >= 0.3 is 5.97 Å². The Labute approximate surface area is 105 Å². The Kier molecular flexibility index (Phi) is 4.88. The van der Waals surface area contributed by atoms with Gasteiger partial charge in [0.1, 0.15) is 0 Å². The van der Waals surface area contributed by atoms with Crippen LogP contribution in [-0.4, -0.2) is 38.7 Å². The summed E-state index contributed by atoms with van der Waals surface area (Å²) in [4.78, 5) is 10.6. The third-order valence-corrected chi connectivity index (χ3v) is 3.45. The van der Waals surface area contributed by atoms with Crippen molar-refractivity contribution in [3.05, 3.63) is 17.9 Å². The van der Waals surface area contributed by atoms with Crippen molar-refractivity contribution in [1.82, 2.24) is 4.72 Å².